The summed E-state index contributed by atoms with van der Waals surface area (Å²) in [6.45, 7) is 7.03. The molecule has 0 spiro atoms. The molecule has 1 saturated heterocycles. The van der Waals surface area contributed by atoms with Gasteiger partial charge in [-0.1, -0.05) is 0 Å². The molecule has 17 heavy (non-hydrogen) atoms. The highest BCUT2D eigenvalue weighted by Gasteiger charge is 2.34. The molecule has 2 heterocycles. The van der Waals surface area contributed by atoms with Crippen LogP contribution in [0.1, 0.15) is 42.7 Å². The molecule has 0 atom stereocenters. The number of hydrogen-bond acceptors (Lipinski definition) is 3. The highest BCUT2D eigenvalue weighted by Crippen LogP contribution is 2.34. The van der Waals surface area contributed by atoms with Crippen molar-refractivity contribution in [3.05, 3.63) is 23.4 Å². The van der Waals surface area contributed by atoms with Gasteiger partial charge in [-0.3, -0.25) is 0 Å². The number of aryl methyl sites for hydroxylation is 1. The van der Waals surface area contributed by atoms with Crippen molar-refractivity contribution in [2.75, 3.05) is 11.4 Å². The lowest BCUT2D eigenvalue weighted by Crippen LogP contribution is -2.39. The molecular formula is C13H18N2O2. The van der Waals surface area contributed by atoms with E-state index in [1.165, 1.54) is 0 Å². The summed E-state index contributed by atoms with van der Waals surface area (Å²) in [5.41, 5.74) is 1.14. The predicted octanol–water partition coefficient (Wildman–Crippen LogP) is 2.47. The lowest BCUT2D eigenvalue weighted by Gasteiger charge is -2.33. The molecular weight excluding hydrogens is 216 g/mol. The summed E-state index contributed by atoms with van der Waals surface area (Å²) in [6.07, 6.45) is 2.16. The number of carbonyl (C=O) groups is 1. The number of nitrogens with zero attached hydrogens (tertiary/aromatic N) is 2. The molecule has 0 bridgehead atoms. The summed E-state index contributed by atoms with van der Waals surface area (Å²) < 4.78 is 0. The van der Waals surface area contributed by atoms with Gasteiger partial charge < -0.3 is 10.0 Å². The first-order valence-corrected chi connectivity index (χ1v) is 5.90. The predicted molar refractivity (Wildman–Crippen MR) is 66.6 cm³/mol. The molecule has 0 aliphatic carbocycles. The zero-order chi connectivity index (χ0) is 12.6. The molecule has 1 aromatic rings. The molecule has 4 nitrogen and oxygen atoms in total. The second-order valence-corrected chi connectivity index (χ2v) is 5.20. The Morgan fingerprint density at radius 2 is 2.18 bits per heavy atom. The van der Waals surface area contributed by atoms with Crippen molar-refractivity contribution < 1.29 is 9.90 Å². The minimum absolute atomic E-state index is 0.00894. The molecule has 2 rings (SSSR count). The SMILES string of the molecule is Cc1ccc(C(=O)O)c(N2CCCC2(C)C)n1. The van der Waals surface area contributed by atoms with Gasteiger partial charge in [-0.2, -0.15) is 0 Å². The van der Waals surface area contributed by atoms with Gasteiger partial charge >= 0.3 is 5.97 Å². The fourth-order valence-electron chi connectivity index (χ4n) is 2.42. The number of carboxylic acid groups (broad SMARTS) is 1. The third-order valence-electron chi connectivity index (χ3n) is 3.40. The smallest absolute Gasteiger partial charge is 0.339 e. The van der Waals surface area contributed by atoms with Gasteiger partial charge in [-0.15, -0.1) is 0 Å². The van der Waals surface area contributed by atoms with Crippen LogP contribution in [0.25, 0.3) is 0 Å². The van der Waals surface area contributed by atoms with E-state index in [2.05, 4.69) is 23.7 Å². The Bertz CT molecular complexity index is 455. The fraction of sp³-hybridized carbons (Fsp3) is 0.538. The number of carboxylic acids is 1. The van der Waals surface area contributed by atoms with Crippen molar-refractivity contribution in [2.24, 2.45) is 0 Å². The maximum absolute atomic E-state index is 11.2. The standard InChI is InChI=1S/C13H18N2O2/c1-9-5-6-10(12(16)17)11(14-9)15-8-4-7-13(15,2)3/h5-6H,4,7-8H2,1-3H3,(H,16,17). The minimum Gasteiger partial charge on any atom is -0.478 e. The maximum atomic E-state index is 11.2. The molecule has 0 saturated carbocycles. The van der Waals surface area contributed by atoms with Gasteiger partial charge in [-0.25, -0.2) is 9.78 Å². The van der Waals surface area contributed by atoms with Crippen molar-refractivity contribution in [3.8, 4) is 0 Å². The molecule has 92 valence electrons. The monoisotopic (exact) mass is 234 g/mol. The van der Waals surface area contributed by atoms with Gasteiger partial charge in [0, 0.05) is 17.8 Å². The zero-order valence-electron chi connectivity index (χ0n) is 10.5. The molecule has 0 aromatic carbocycles. The van der Waals surface area contributed by atoms with Gasteiger partial charge in [0.05, 0.1) is 0 Å². The van der Waals surface area contributed by atoms with Gasteiger partial charge in [0.1, 0.15) is 11.4 Å². The number of aromatic carboxylic acids is 1. The van der Waals surface area contributed by atoms with Gasteiger partial charge in [0.15, 0.2) is 0 Å². The Morgan fingerprint density at radius 3 is 2.71 bits per heavy atom. The van der Waals surface area contributed by atoms with Crippen LogP contribution in [0.5, 0.6) is 0 Å². The van der Waals surface area contributed by atoms with E-state index in [0.717, 1.165) is 25.1 Å². The van der Waals surface area contributed by atoms with E-state index in [0.29, 0.717) is 11.4 Å². The molecule has 4 heteroatoms. The van der Waals surface area contributed by atoms with Crippen LogP contribution in [0, 0.1) is 6.92 Å². The number of anilines is 1. The van der Waals surface area contributed by atoms with Crippen LogP contribution in [0.15, 0.2) is 12.1 Å². The Labute approximate surface area is 101 Å². The van der Waals surface area contributed by atoms with Gasteiger partial charge in [0.2, 0.25) is 0 Å². The molecule has 1 aliphatic rings. The number of aromatic nitrogens is 1. The quantitative estimate of drug-likeness (QED) is 0.854. The molecule has 0 unspecified atom stereocenters. The van der Waals surface area contributed by atoms with Crippen molar-refractivity contribution in [1.29, 1.82) is 0 Å². The summed E-state index contributed by atoms with van der Waals surface area (Å²) >= 11 is 0. The van der Waals surface area contributed by atoms with Crippen LogP contribution in [0.4, 0.5) is 5.82 Å². The van der Waals surface area contributed by atoms with E-state index in [4.69, 9.17) is 0 Å². The lowest BCUT2D eigenvalue weighted by atomic mass is 10.0. The first-order chi connectivity index (χ1) is 7.92. The summed E-state index contributed by atoms with van der Waals surface area (Å²) in [5, 5.41) is 9.22. The van der Waals surface area contributed by atoms with E-state index < -0.39 is 5.97 Å². The van der Waals surface area contributed by atoms with Crippen LogP contribution >= 0.6 is 0 Å². The average molecular weight is 234 g/mol. The van der Waals surface area contributed by atoms with Crippen molar-refractivity contribution >= 4 is 11.8 Å². The summed E-state index contributed by atoms with van der Waals surface area (Å²) in [7, 11) is 0. The topological polar surface area (TPSA) is 53.4 Å². The molecule has 0 radical (unpaired) electrons. The van der Waals surface area contributed by atoms with E-state index in [-0.39, 0.29) is 5.54 Å². The fourth-order valence-corrected chi connectivity index (χ4v) is 2.42. The van der Waals surface area contributed by atoms with E-state index >= 15 is 0 Å². The van der Waals surface area contributed by atoms with Crippen LogP contribution in [-0.2, 0) is 0 Å². The number of pyridine rings is 1. The largest absolute Gasteiger partial charge is 0.478 e. The van der Waals surface area contributed by atoms with Crippen LogP contribution in [0.3, 0.4) is 0 Å². The van der Waals surface area contributed by atoms with Gasteiger partial charge in [0.25, 0.3) is 0 Å². The molecule has 1 N–H and O–H groups in total. The Morgan fingerprint density at radius 1 is 1.47 bits per heavy atom. The first-order valence-electron chi connectivity index (χ1n) is 5.90. The van der Waals surface area contributed by atoms with Crippen molar-refractivity contribution in [2.45, 2.75) is 39.2 Å². The number of rotatable bonds is 2. The lowest BCUT2D eigenvalue weighted by molar-refractivity contribution is 0.0697. The molecule has 0 amide bonds. The highest BCUT2D eigenvalue weighted by molar-refractivity contribution is 5.93. The van der Waals surface area contributed by atoms with Crippen LogP contribution in [-0.4, -0.2) is 28.1 Å². The molecule has 1 fully saturated rings. The van der Waals surface area contributed by atoms with Crippen LogP contribution < -0.4 is 4.90 Å². The normalized spacial score (nSPS) is 18.4. The van der Waals surface area contributed by atoms with Crippen LogP contribution in [0.2, 0.25) is 0 Å². The Balaban J connectivity index is 2.50. The Kier molecular flexibility index (Phi) is 2.81. The summed E-state index contributed by atoms with van der Waals surface area (Å²) in [5.74, 6) is -0.296. The average Bonchev–Trinajstić information content (AvgIpc) is 2.57. The van der Waals surface area contributed by atoms with E-state index in [1.54, 1.807) is 12.1 Å². The van der Waals surface area contributed by atoms with Crippen molar-refractivity contribution in [3.63, 3.8) is 0 Å². The second-order valence-electron chi connectivity index (χ2n) is 5.20. The summed E-state index contributed by atoms with van der Waals surface area (Å²) in [6, 6.07) is 3.39. The third-order valence-corrected chi connectivity index (χ3v) is 3.40. The van der Waals surface area contributed by atoms with E-state index in [1.807, 2.05) is 6.92 Å². The third kappa shape index (κ3) is 2.12. The first kappa shape index (κ1) is 11.9. The minimum atomic E-state index is -0.907. The highest BCUT2D eigenvalue weighted by atomic mass is 16.4. The Hall–Kier alpha value is -1.58. The molecule has 1 aromatic heterocycles. The van der Waals surface area contributed by atoms with E-state index in [9.17, 15) is 9.90 Å². The van der Waals surface area contributed by atoms with Gasteiger partial charge in [-0.05, 0) is 45.7 Å². The molecule has 1 aliphatic heterocycles. The maximum Gasteiger partial charge on any atom is 0.339 e. The van der Waals surface area contributed by atoms with Crippen molar-refractivity contribution in [1.82, 2.24) is 4.98 Å². The summed E-state index contributed by atoms with van der Waals surface area (Å²) in [4.78, 5) is 17.8. The second kappa shape index (κ2) is 4.02. The number of hydrogen-bond donors (Lipinski definition) is 1. The zero-order valence-corrected chi connectivity index (χ0v) is 10.5.